The van der Waals surface area contributed by atoms with E-state index in [2.05, 4.69) is 0 Å². The van der Waals surface area contributed by atoms with Gasteiger partial charge in [0.05, 0.1) is 49.7 Å². The van der Waals surface area contributed by atoms with Gasteiger partial charge in [0.15, 0.2) is 24.8 Å². The average molecular weight is 1020 g/mol. The molecular weight excluding hydrogens is 957 g/mol. The van der Waals surface area contributed by atoms with Crippen LogP contribution in [0.15, 0.2) is 212 Å². The van der Waals surface area contributed by atoms with E-state index in [1.165, 1.54) is 0 Å². The standard InChI is InChI=1S/C61H58O14/c62-57(46-30-16-5-17-31-46)70-41-50-52(54(73-58(63)47-32-18-6-19-33-47)55(60(65)71-50)74-59(64)48-34-20-7-21-35-48)75-61-56(69-39-45-28-14-4-15-29-45)53(68-38-44-26-12-3-13-27-44)51(67-37-43-24-10-2-11-25-43)49(72-61)40-66-36-42-22-8-1-9-23-42/h1-35,49-56,60-61,65H,36-41H2/t49-,50-,51+,52+,53+,54+,55-,56-,60+,61+/m1/s1. The second kappa shape index (κ2) is 26.7. The van der Waals surface area contributed by atoms with Gasteiger partial charge in [-0.1, -0.05) is 176 Å². The maximum absolute atomic E-state index is 14.3. The van der Waals surface area contributed by atoms with Crippen LogP contribution in [0.25, 0.3) is 0 Å². The van der Waals surface area contributed by atoms with Crippen LogP contribution in [-0.4, -0.2) is 97.6 Å². The molecule has 0 bridgehead atoms. The summed E-state index contributed by atoms with van der Waals surface area (Å²) in [6.07, 6.45) is -13.5. The minimum atomic E-state index is -1.93. The van der Waals surface area contributed by atoms with E-state index >= 15 is 0 Å². The summed E-state index contributed by atoms with van der Waals surface area (Å²) in [5, 5.41) is 11.9. The van der Waals surface area contributed by atoms with Gasteiger partial charge in [-0.3, -0.25) is 0 Å². The Kier molecular flexibility index (Phi) is 18.7. The molecule has 7 aromatic rings. The van der Waals surface area contributed by atoms with Crippen LogP contribution in [0, 0.1) is 0 Å². The molecule has 0 unspecified atom stereocenters. The smallest absolute Gasteiger partial charge is 0.338 e. The molecule has 2 aliphatic heterocycles. The third kappa shape index (κ3) is 14.5. The minimum absolute atomic E-state index is 0.0213. The van der Waals surface area contributed by atoms with Crippen molar-refractivity contribution < 1.29 is 66.9 Å². The highest BCUT2D eigenvalue weighted by atomic mass is 16.8. The molecule has 0 saturated carbocycles. The molecule has 9 rings (SSSR count). The first-order valence-corrected chi connectivity index (χ1v) is 24.8. The van der Waals surface area contributed by atoms with Gasteiger partial charge in [0.1, 0.15) is 43.2 Å². The fourth-order valence-corrected chi connectivity index (χ4v) is 8.81. The van der Waals surface area contributed by atoms with E-state index in [1.54, 1.807) is 91.0 Å². The zero-order valence-corrected chi connectivity index (χ0v) is 41.0. The molecule has 0 aromatic heterocycles. The summed E-state index contributed by atoms with van der Waals surface area (Å²) in [6, 6.07) is 63.2. The van der Waals surface area contributed by atoms with Crippen molar-refractivity contribution in [3.05, 3.63) is 251 Å². The number of ether oxygens (including phenoxy) is 10. The molecule has 386 valence electrons. The molecule has 0 radical (unpaired) electrons. The molecule has 0 amide bonds. The van der Waals surface area contributed by atoms with Crippen LogP contribution in [0.1, 0.15) is 53.3 Å². The van der Waals surface area contributed by atoms with Crippen molar-refractivity contribution >= 4 is 17.9 Å². The van der Waals surface area contributed by atoms with Crippen molar-refractivity contribution in [3.8, 4) is 0 Å². The van der Waals surface area contributed by atoms with Crippen LogP contribution < -0.4 is 0 Å². The van der Waals surface area contributed by atoms with Crippen LogP contribution in [0.3, 0.4) is 0 Å². The number of carbonyl (C=O) groups is 3. The lowest BCUT2D eigenvalue weighted by atomic mass is 9.95. The van der Waals surface area contributed by atoms with Gasteiger partial charge < -0.3 is 52.5 Å². The van der Waals surface area contributed by atoms with E-state index in [0.717, 1.165) is 22.3 Å². The number of carbonyl (C=O) groups excluding carboxylic acids is 3. The fourth-order valence-electron chi connectivity index (χ4n) is 8.81. The topological polar surface area (TPSA) is 164 Å². The molecule has 10 atom stereocenters. The van der Waals surface area contributed by atoms with E-state index in [0.29, 0.717) is 0 Å². The third-order valence-corrected chi connectivity index (χ3v) is 12.6. The van der Waals surface area contributed by atoms with Gasteiger partial charge in [-0.15, -0.1) is 0 Å². The summed E-state index contributed by atoms with van der Waals surface area (Å²) in [6.45, 7) is 0.0288. The Morgan fingerprint density at radius 3 is 1.21 bits per heavy atom. The molecule has 1 N–H and O–H groups in total. The van der Waals surface area contributed by atoms with Gasteiger partial charge in [0.2, 0.25) is 0 Å². The van der Waals surface area contributed by atoms with Crippen LogP contribution in [-0.2, 0) is 73.8 Å². The normalized spacial score (nSPS) is 23.4. The lowest BCUT2D eigenvalue weighted by Gasteiger charge is -2.49. The highest BCUT2D eigenvalue weighted by molar-refractivity contribution is 5.90. The Hall–Kier alpha value is -7.37. The Morgan fingerprint density at radius 1 is 0.373 bits per heavy atom. The van der Waals surface area contributed by atoms with E-state index in [-0.39, 0.29) is 49.7 Å². The van der Waals surface area contributed by atoms with Crippen molar-refractivity contribution in [2.75, 3.05) is 13.2 Å². The molecule has 2 fully saturated rings. The lowest BCUT2D eigenvalue weighted by Crippen LogP contribution is -2.66. The predicted molar refractivity (Wildman–Crippen MR) is 274 cm³/mol. The van der Waals surface area contributed by atoms with Crippen molar-refractivity contribution in [1.82, 2.24) is 0 Å². The van der Waals surface area contributed by atoms with Gasteiger partial charge in [-0.25, -0.2) is 14.4 Å². The predicted octanol–water partition coefficient (Wildman–Crippen LogP) is 9.09. The van der Waals surface area contributed by atoms with Gasteiger partial charge in [0.25, 0.3) is 0 Å². The van der Waals surface area contributed by atoms with Crippen molar-refractivity contribution in [2.24, 2.45) is 0 Å². The summed E-state index contributed by atoms with van der Waals surface area (Å²) >= 11 is 0. The van der Waals surface area contributed by atoms with E-state index < -0.39 is 85.9 Å². The Morgan fingerprint density at radius 2 is 0.747 bits per heavy atom. The van der Waals surface area contributed by atoms with Crippen LogP contribution in [0.4, 0.5) is 0 Å². The number of aliphatic hydroxyl groups excluding tert-OH is 1. The monoisotopic (exact) mass is 1010 g/mol. The summed E-state index contributed by atoms with van der Waals surface area (Å²) in [7, 11) is 0. The minimum Gasteiger partial charge on any atom is -0.459 e. The Labute approximate surface area is 435 Å². The molecule has 2 heterocycles. The first kappa shape index (κ1) is 52.5. The van der Waals surface area contributed by atoms with Crippen molar-refractivity contribution in [2.45, 2.75) is 87.8 Å². The number of benzene rings is 7. The summed E-state index contributed by atoms with van der Waals surface area (Å²) in [4.78, 5) is 41.8. The second-order valence-corrected chi connectivity index (χ2v) is 17.9. The Bertz CT molecular complexity index is 2810. The van der Waals surface area contributed by atoms with Crippen LogP contribution in [0.5, 0.6) is 0 Å². The number of hydrogen-bond donors (Lipinski definition) is 1. The molecule has 0 spiro atoms. The molecule has 2 saturated heterocycles. The van der Waals surface area contributed by atoms with Gasteiger partial charge in [-0.2, -0.15) is 0 Å². The fraction of sp³-hybridized carbons (Fsp3) is 0.262. The average Bonchev–Trinajstić information content (AvgIpc) is 3.46. The zero-order chi connectivity index (χ0) is 51.6. The number of esters is 3. The van der Waals surface area contributed by atoms with Gasteiger partial charge in [0, 0.05) is 0 Å². The van der Waals surface area contributed by atoms with Crippen LogP contribution >= 0.6 is 0 Å². The van der Waals surface area contributed by atoms with Crippen molar-refractivity contribution in [3.63, 3.8) is 0 Å². The lowest BCUT2D eigenvalue weighted by molar-refractivity contribution is -0.366. The summed E-state index contributed by atoms with van der Waals surface area (Å²) in [5.41, 5.74) is 4.06. The highest BCUT2D eigenvalue weighted by Crippen LogP contribution is 2.36. The molecule has 14 nitrogen and oxygen atoms in total. The number of aliphatic hydroxyl groups is 1. The molecule has 14 heteroatoms. The Balaban J connectivity index is 1.13. The molecule has 2 aliphatic rings. The van der Waals surface area contributed by atoms with E-state index in [4.69, 9.17) is 47.4 Å². The van der Waals surface area contributed by atoms with E-state index in [1.807, 2.05) is 121 Å². The maximum atomic E-state index is 14.3. The largest absolute Gasteiger partial charge is 0.459 e. The van der Waals surface area contributed by atoms with Gasteiger partial charge in [-0.05, 0) is 58.7 Å². The molecular formula is C61H58O14. The first-order valence-electron chi connectivity index (χ1n) is 24.8. The van der Waals surface area contributed by atoms with Crippen LogP contribution in [0.2, 0.25) is 0 Å². The van der Waals surface area contributed by atoms with Gasteiger partial charge >= 0.3 is 17.9 Å². The molecule has 75 heavy (non-hydrogen) atoms. The maximum Gasteiger partial charge on any atom is 0.338 e. The highest BCUT2D eigenvalue weighted by Gasteiger charge is 2.56. The third-order valence-electron chi connectivity index (χ3n) is 12.6. The second-order valence-electron chi connectivity index (χ2n) is 17.9. The number of rotatable bonds is 22. The number of hydrogen-bond acceptors (Lipinski definition) is 14. The molecule has 0 aliphatic carbocycles. The SMILES string of the molecule is O=C(OC[C@H]1O[C@H](O)[C@H](OC(=O)c2ccccc2)[C@@H](OC(=O)c2ccccc2)[C@H]1O[C@@H]1O[C@H](COCc2ccccc2)[C@H](OCc2ccccc2)[C@H](OCc2ccccc2)[C@H]1OCc1ccccc1)c1ccccc1. The zero-order valence-electron chi connectivity index (χ0n) is 41.0. The molecule has 7 aromatic carbocycles. The quantitative estimate of drug-likeness (QED) is 0.0505. The first-order chi connectivity index (χ1) is 36.9. The summed E-state index contributed by atoms with van der Waals surface area (Å²) in [5.74, 6) is -2.39. The van der Waals surface area contributed by atoms with Crippen molar-refractivity contribution in [1.29, 1.82) is 0 Å². The summed E-state index contributed by atoms with van der Waals surface area (Å²) < 4.78 is 65.8. The van der Waals surface area contributed by atoms with E-state index in [9.17, 15) is 19.5 Å².